The van der Waals surface area contributed by atoms with Gasteiger partial charge in [0.2, 0.25) is 5.75 Å². The molecule has 0 radical (unpaired) electrons. The fourth-order valence-electron chi connectivity index (χ4n) is 3.31. The second-order valence-corrected chi connectivity index (χ2v) is 7.29. The van der Waals surface area contributed by atoms with E-state index in [1.54, 1.807) is 24.3 Å². The second kappa shape index (κ2) is 10.9. The molecule has 3 rings (SSSR count). The molecule has 0 amide bonds. The summed E-state index contributed by atoms with van der Waals surface area (Å²) < 4.78 is 94.5. The summed E-state index contributed by atoms with van der Waals surface area (Å²) in [5, 5.41) is 0. The molecule has 3 aromatic carbocycles. The van der Waals surface area contributed by atoms with Crippen molar-refractivity contribution in [3.63, 3.8) is 0 Å². The molecule has 1 unspecified atom stereocenters. The Morgan fingerprint density at radius 3 is 1.85 bits per heavy atom. The standard InChI is InChI=1S/C25H22F6O3/c1-3-11-33-24(32-4-2)16-7-5-15(6-8-16)17-9-10-19(20(26)12-17)18-13-21(27)23(22(28)14-18)34-25(29,30)31/h5-10,12-14,24H,3-4,11H2,1-2H3. The number of alkyl halides is 3. The van der Waals surface area contributed by atoms with Crippen LogP contribution in [0, 0.1) is 17.5 Å². The highest BCUT2D eigenvalue weighted by atomic mass is 19.4. The largest absolute Gasteiger partial charge is 0.573 e. The third-order valence-corrected chi connectivity index (χ3v) is 4.80. The maximum Gasteiger partial charge on any atom is 0.573 e. The van der Waals surface area contributed by atoms with E-state index in [2.05, 4.69) is 4.74 Å². The quantitative estimate of drug-likeness (QED) is 0.229. The lowest BCUT2D eigenvalue weighted by molar-refractivity contribution is -0.276. The van der Waals surface area contributed by atoms with E-state index < -0.39 is 35.9 Å². The molecule has 0 aromatic heterocycles. The normalized spacial score (nSPS) is 12.6. The molecule has 34 heavy (non-hydrogen) atoms. The third kappa shape index (κ3) is 6.30. The summed E-state index contributed by atoms with van der Waals surface area (Å²) in [4.78, 5) is 0. The van der Waals surface area contributed by atoms with Gasteiger partial charge in [0.15, 0.2) is 17.9 Å². The first-order valence-corrected chi connectivity index (χ1v) is 10.5. The minimum Gasteiger partial charge on any atom is -0.399 e. The fraction of sp³-hybridized carbons (Fsp3) is 0.280. The first-order valence-electron chi connectivity index (χ1n) is 10.5. The van der Waals surface area contributed by atoms with Crippen molar-refractivity contribution in [2.45, 2.75) is 32.9 Å². The number of ether oxygens (including phenoxy) is 3. The summed E-state index contributed by atoms with van der Waals surface area (Å²) in [6, 6.07) is 12.3. The average Bonchev–Trinajstić information content (AvgIpc) is 2.78. The lowest BCUT2D eigenvalue weighted by Crippen LogP contribution is -2.19. The van der Waals surface area contributed by atoms with E-state index in [4.69, 9.17) is 9.47 Å². The number of benzene rings is 3. The summed E-state index contributed by atoms with van der Waals surface area (Å²) in [5.41, 5.74) is 1.51. The van der Waals surface area contributed by atoms with Crippen molar-refractivity contribution in [3.8, 4) is 28.0 Å². The summed E-state index contributed by atoms with van der Waals surface area (Å²) in [6.45, 7) is 4.84. The molecule has 9 heteroatoms. The predicted octanol–water partition coefficient (Wildman–Crippen LogP) is 7.80. The fourth-order valence-corrected chi connectivity index (χ4v) is 3.31. The van der Waals surface area contributed by atoms with Crippen LogP contribution in [0.15, 0.2) is 54.6 Å². The van der Waals surface area contributed by atoms with Crippen LogP contribution in [-0.4, -0.2) is 19.6 Å². The molecule has 3 nitrogen and oxygen atoms in total. The van der Waals surface area contributed by atoms with Crippen LogP contribution in [0.2, 0.25) is 0 Å². The molecule has 0 fully saturated rings. The van der Waals surface area contributed by atoms with E-state index in [0.717, 1.165) is 12.0 Å². The van der Waals surface area contributed by atoms with Crippen LogP contribution in [0.4, 0.5) is 26.3 Å². The van der Waals surface area contributed by atoms with Crippen LogP contribution in [0.3, 0.4) is 0 Å². The van der Waals surface area contributed by atoms with Crippen molar-refractivity contribution in [2.75, 3.05) is 13.2 Å². The smallest absolute Gasteiger partial charge is 0.399 e. The van der Waals surface area contributed by atoms with E-state index >= 15 is 0 Å². The Balaban J connectivity index is 1.85. The first kappa shape index (κ1) is 25.6. The summed E-state index contributed by atoms with van der Waals surface area (Å²) in [6.07, 6.45) is -4.96. The Morgan fingerprint density at radius 1 is 0.735 bits per heavy atom. The monoisotopic (exact) mass is 484 g/mol. The minimum atomic E-state index is -5.27. The molecule has 0 aliphatic heterocycles. The van der Waals surface area contributed by atoms with Gasteiger partial charge in [0.1, 0.15) is 5.82 Å². The maximum absolute atomic E-state index is 14.8. The van der Waals surface area contributed by atoms with Crippen LogP contribution >= 0.6 is 0 Å². The van der Waals surface area contributed by atoms with Crippen molar-refractivity contribution in [1.29, 1.82) is 0 Å². The molecule has 0 saturated carbocycles. The number of hydrogen-bond acceptors (Lipinski definition) is 3. The molecule has 3 aromatic rings. The minimum absolute atomic E-state index is 0.180. The van der Waals surface area contributed by atoms with Crippen LogP contribution in [-0.2, 0) is 9.47 Å². The van der Waals surface area contributed by atoms with Gasteiger partial charge in [0, 0.05) is 24.3 Å². The van der Waals surface area contributed by atoms with E-state index in [-0.39, 0.29) is 11.1 Å². The summed E-state index contributed by atoms with van der Waals surface area (Å²) in [5.74, 6) is -5.59. The van der Waals surface area contributed by atoms with Gasteiger partial charge in [0.25, 0.3) is 0 Å². The number of halogens is 6. The van der Waals surface area contributed by atoms with E-state index in [9.17, 15) is 26.3 Å². The van der Waals surface area contributed by atoms with Crippen molar-refractivity contribution in [1.82, 2.24) is 0 Å². The van der Waals surface area contributed by atoms with Gasteiger partial charge in [0.05, 0.1) is 0 Å². The molecule has 0 bridgehead atoms. The van der Waals surface area contributed by atoms with Gasteiger partial charge in [-0.25, -0.2) is 13.2 Å². The van der Waals surface area contributed by atoms with Crippen LogP contribution in [0.1, 0.15) is 32.1 Å². The lowest BCUT2D eigenvalue weighted by atomic mass is 9.98. The molecule has 0 saturated heterocycles. The molecule has 1 atom stereocenters. The van der Waals surface area contributed by atoms with Gasteiger partial charge < -0.3 is 14.2 Å². The Kier molecular flexibility index (Phi) is 8.22. The SMILES string of the molecule is CCCOC(OCC)c1ccc(-c2ccc(-c3cc(F)c(OC(F)(F)F)c(F)c3)c(F)c2)cc1. The van der Waals surface area contributed by atoms with Gasteiger partial charge in [-0.2, -0.15) is 0 Å². The van der Waals surface area contributed by atoms with Crippen molar-refractivity contribution < 1.29 is 40.6 Å². The molecule has 0 aliphatic carbocycles. The van der Waals surface area contributed by atoms with E-state index in [0.29, 0.717) is 36.5 Å². The Labute approximate surface area is 192 Å². The van der Waals surface area contributed by atoms with Crippen LogP contribution in [0.25, 0.3) is 22.3 Å². The molecule has 182 valence electrons. The van der Waals surface area contributed by atoms with Crippen LogP contribution in [0.5, 0.6) is 5.75 Å². The van der Waals surface area contributed by atoms with Gasteiger partial charge in [-0.1, -0.05) is 43.3 Å². The van der Waals surface area contributed by atoms with Gasteiger partial charge >= 0.3 is 6.36 Å². The average molecular weight is 484 g/mol. The van der Waals surface area contributed by atoms with Crippen LogP contribution < -0.4 is 4.74 Å². The Hall–Kier alpha value is -3.04. The summed E-state index contributed by atoms with van der Waals surface area (Å²) in [7, 11) is 0. The molecular formula is C25H22F6O3. The Morgan fingerprint density at radius 2 is 1.32 bits per heavy atom. The first-order chi connectivity index (χ1) is 16.1. The van der Waals surface area contributed by atoms with Crippen molar-refractivity contribution in [3.05, 3.63) is 77.6 Å². The molecular weight excluding hydrogens is 462 g/mol. The van der Waals surface area contributed by atoms with Crippen molar-refractivity contribution in [2.24, 2.45) is 0 Å². The zero-order chi connectivity index (χ0) is 24.9. The third-order valence-electron chi connectivity index (χ3n) is 4.80. The van der Waals surface area contributed by atoms with E-state index in [1.165, 1.54) is 18.2 Å². The highest BCUT2D eigenvalue weighted by Crippen LogP contribution is 2.35. The zero-order valence-electron chi connectivity index (χ0n) is 18.4. The highest BCUT2D eigenvalue weighted by Gasteiger charge is 2.34. The summed E-state index contributed by atoms with van der Waals surface area (Å²) >= 11 is 0. The van der Waals surface area contributed by atoms with E-state index in [1.807, 2.05) is 13.8 Å². The van der Waals surface area contributed by atoms with Gasteiger partial charge in [-0.05, 0) is 48.2 Å². The topological polar surface area (TPSA) is 27.7 Å². The zero-order valence-corrected chi connectivity index (χ0v) is 18.4. The second-order valence-electron chi connectivity index (χ2n) is 7.29. The number of hydrogen-bond donors (Lipinski definition) is 0. The number of rotatable bonds is 9. The molecule has 0 N–H and O–H groups in total. The van der Waals surface area contributed by atoms with Crippen molar-refractivity contribution >= 4 is 0 Å². The van der Waals surface area contributed by atoms with Gasteiger partial charge in [-0.15, -0.1) is 13.2 Å². The maximum atomic E-state index is 14.8. The lowest BCUT2D eigenvalue weighted by Gasteiger charge is -2.18. The Bertz CT molecular complexity index is 1090. The molecule has 0 heterocycles. The highest BCUT2D eigenvalue weighted by molar-refractivity contribution is 5.71. The molecule has 0 spiro atoms. The predicted molar refractivity (Wildman–Crippen MR) is 114 cm³/mol. The molecule has 0 aliphatic rings. The van der Waals surface area contributed by atoms with Gasteiger partial charge in [-0.3, -0.25) is 0 Å².